The van der Waals surface area contributed by atoms with E-state index in [0.717, 1.165) is 25.7 Å². The molecule has 1 N–H and O–H groups in total. The van der Waals surface area contributed by atoms with Crippen molar-refractivity contribution in [1.29, 1.82) is 5.26 Å². The maximum Gasteiger partial charge on any atom is 0.331 e. The fourth-order valence-electron chi connectivity index (χ4n) is 4.85. The summed E-state index contributed by atoms with van der Waals surface area (Å²) in [7, 11) is -3.78. The maximum absolute atomic E-state index is 13.6. The summed E-state index contributed by atoms with van der Waals surface area (Å²) in [5.74, 6) is 0.327. The molecule has 0 spiro atoms. The van der Waals surface area contributed by atoms with E-state index in [4.69, 9.17) is 0 Å². The van der Waals surface area contributed by atoms with E-state index in [1.165, 1.54) is 16.7 Å². The van der Waals surface area contributed by atoms with Crippen LogP contribution in [-0.2, 0) is 16.6 Å². The molecule has 0 radical (unpaired) electrons. The number of piperidine rings is 1. The van der Waals surface area contributed by atoms with Gasteiger partial charge in [0.2, 0.25) is 10.0 Å². The Hall–Kier alpha value is -2.64. The van der Waals surface area contributed by atoms with Gasteiger partial charge in [0.1, 0.15) is 0 Å². The van der Waals surface area contributed by atoms with Crippen LogP contribution in [0.5, 0.6) is 0 Å². The quantitative estimate of drug-likeness (QED) is 0.642. The number of fused-ring (bicyclic) bond motifs is 1. The number of hydrogen-bond donors (Lipinski definition) is 1. The maximum atomic E-state index is 13.6. The van der Waals surface area contributed by atoms with Gasteiger partial charge in [0, 0.05) is 31.2 Å². The predicted octanol–water partition coefficient (Wildman–Crippen LogP) is 1.77. The fraction of sp³-hybridized carbons (Fsp3) is 0.609. The summed E-state index contributed by atoms with van der Waals surface area (Å²) in [6.45, 7) is 5.28. The van der Waals surface area contributed by atoms with Gasteiger partial charge in [-0.2, -0.15) is 5.26 Å². The SMILES string of the molecule is CC1CN(C#N)CCC1n1c(=O)c2cc(S(=O)(=O)NC3(C)CC3)ccc2n(CC2CC2)c1=O. The van der Waals surface area contributed by atoms with Gasteiger partial charge in [-0.05, 0) is 69.1 Å². The molecular weight excluding hydrogens is 442 g/mol. The first-order valence-corrected chi connectivity index (χ1v) is 13.1. The molecule has 0 bridgehead atoms. The predicted molar refractivity (Wildman–Crippen MR) is 123 cm³/mol. The molecule has 9 nitrogen and oxygen atoms in total. The van der Waals surface area contributed by atoms with Gasteiger partial charge in [-0.25, -0.2) is 17.9 Å². The van der Waals surface area contributed by atoms with Crippen LogP contribution in [0.4, 0.5) is 0 Å². The van der Waals surface area contributed by atoms with Crippen LogP contribution < -0.4 is 16.0 Å². The highest BCUT2D eigenvalue weighted by Gasteiger charge is 2.41. The number of hydrogen-bond acceptors (Lipinski definition) is 6. The first-order chi connectivity index (χ1) is 15.6. The number of sulfonamides is 1. The molecule has 1 saturated heterocycles. The van der Waals surface area contributed by atoms with Crippen LogP contribution in [0.1, 0.15) is 52.0 Å². The second-order valence-electron chi connectivity index (χ2n) is 10.2. The summed E-state index contributed by atoms with van der Waals surface area (Å²) in [6, 6.07) is 4.15. The fourth-order valence-corrected chi connectivity index (χ4v) is 6.34. The third-order valence-corrected chi connectivity index (χ3v) is 8.94. The van der Waals surface area contributed by atoms with Crippen LogP contribution in [0.15, 0.2) is 32.7 Å². The van der Waals surface area contributed by atoms with E-state index >= 15 is 0 Å². The Bertz CT molecular complexity index is 1380. The molecule has 176 valence electrons. The lowest BCUT2D eigenvalue weighted by molar-refractivity contribution is 0.175. The largest absolute Gasteiger partial charge is 0.331 e. The molecule has 2 atom stereocenters. The number of aromatic nitrogens is 2. The molecule has 0 amide bonds. The van der Waals surface area contributed by atoms with E-state index in [2.05, 4.69) is 10.9 Å². The highest BCUT2D eigenvalue weighted by molar-refractivity contribution is 7.89. The van der Waals surface area contributed by atoms with E-state index in [0.29, 0.717) is 37.5 Å². The van der Waals surface area contributed by atoms with Gasteiger partial charge < -0.3 is 4.90 Å². The van der Waals surface area contributed by atoms with Gasteiger partial charge >= 0.3 is 5.69 Å². The molecule has 2 saturated carbocycles. The summed E-state index contributed by atoms with van der Waals surface area (Å²) >= 11 is 0. The molecule has 10 heteroatoms. The number of nitrogens with one attached hydrogen (secondary N) is 1. The highest BCUT2D eigenvalue weighted by Crippen LogP contribution is 2.36. The second kappa shape index (κ2) is 7.71. The molecule has 3 fully saturated rings. The molecule has 2 unspecified atom stereocenters. The lowest BCUT2D eigenvalue weighted by Crippen LogP contribution is -2.48. The van der Waals surface area contributed by atoms with Crippen molar-refractivity contribution in [3.63, 3.8) is 0 Å². The zero-order chi connectivity index (χ0) is 23.5. The molecule has 2 heterocycles. The Kier molecular flexibility index (Phi) is 5.18. The Morgan fingerprint density at radius 3 is 2.55 bits per heavy atom. The van der Waals surface area contributed by atoms with Gasteiger partial charge in [0.05, 0.1) is 15.8 Å². The average molecular weight is 472 g/mol. The van der Waals surface area contributed by atoms with Gasteiger partial charge in [-0.15, -0.1) is 0 Å². The van der Waals surface area contributed by atoms with Gasteiger partial charge in [0.15, 0.2) is 6.19 Å². The van der Waals surface area contributed by atoms with Crippen molar-refractivity contribution < 1.29 is 8.42 Å². The van der Waals surface area contributed by atoms with E-state index in [9.17, 15) is 23.3 Å². The Morgan fingerprint density at radius 1 is 1.21 bits per heavy atom. The standard InChI is InChI=1S/C23H29N5O4S/c1-15-12-26(14-24)10-7-19(15)28-21(29)18-11-17(33(31,32)25-23(2)8-9-23)5-6-20(18)27(22(28)30)13-16-3-4-16/h5-6,11,15-16,19,25H,3-4,7-10,12-13H2,1-2H3. The molecule has 2 aromatic rings. The van der Waals surface area contributed by atoms with Crippen LogP contribution in [0.25, 0.3) is 10.9 Å². The highest BCUT2D eigenvalue weighted by atomic mass is 32.2. The van der Waals surface area contributed by atoms with E-state index in [1.807, 2.05) is 13.8 Å². The number of likely N-dealkylation sites (tertiary alicyclic amines) is 1. The third kappa shape index (κ3) is 4.08. The number of benzene rings is 1. The average Bonchev–Trinajstić information content (AvgIpc) is 3.70. The van der Waals surface area contributed by atoms with Crippen LogP contribution in [0.2, 0.25) is 0 Å². The Labute approximate surface area is 192 Å². The molecule has 3 aliphatic rings. The first-order valence-electron chi connectivity index (χ1n) is 11.6. The normalized spacial score (nSPS) is 24.6. The smallest absolute Gasteiger partial charge is 0.310 e. The zero-order valence-electron chi connectivity index (χ0n) is 19.0. The molecule has 5 rings (SSSR count). The van der Waals surface area contributed by atoms with Crippen molar-refractivity contribution in [3.05, 3.63) is 39.0 Å². The summed E-state index contributed by atoms with van der Waals surface area (Å²) in [6.07, 6.45) is 6.31. The number of nitriles is 1. The first kappa shape index (κ1) is 22.2. The number of rotatable bonds is 6. The minimum Gasteiger partial charge on any atom is -0.310 e. The van der Waals surface area contributed by atoms with Crippen molar-refractivity contribution in [2.45, 2.75) is 69.0 Å². The molecule has 33 heavy (non-hydrogen) atoms. The Balaban J connectivity index is 1.66. The summed E-state index contributed by atoms with van der Waals surface area (Å²) in [4.78, 5) is 28.9. The second-order valence-corrected chi connectivity index (χ2v) is 11.9. The van der Waals surface area contributed by atoms with Crippen molar-refractivity contribution in [1.82, 2.24) is 18.8 Å². The van der Waals surface area contributed by atoms with E-state index < -0.39 is 21.1 Å². The molecule has 1 aromatic carbocycles. The minimum atomic E-state index is -3.78. The summed E-state index contributed by atoms with van der Waals surface area (Å²) in [5, 5.41) is 9.48. The Morgan fingerprint density at radius 2 is 1.94 bits per heavy atom. The molecule has 1 aliphatic heterocycles. The van der Waals surface area contributed by atoms with Crippen molar-refractivity contribution in [2.75, 3.05) is 13.1 Å². The van der Waals surface area contributed by atoms with Gasteiger partial charge in [-0.3, -0.25) is 13.9 Å². The topological polar surface area (TPSA) is 117 Å². The zero-order valence-corrected chi connectivity index (χ0v) is 19.8. The molecule has 2 aliphatic carbocycles. The van der Waals surface area contributed by atoms with Gasteiger partial charge in [0.25, 0.3) is 5.56 Å². The molecule has 1 aromatic heterocycles. The summed E-state index contributed by atoms with van der Waals surface area (Å²) < 4.78 is 31.6. The third-order valence-electron chi connectivity index (χ3n) is 7.31. The van der Waals surface area contributed by atoms with Crippen LogP contribution in [0.3, 0.4) is 0 Å². The number of nitrogens with zero attached hydrogens (tertiary/aromatic N) is 4. The van der Waals surface area contributed by atoms with Crippen LogP contribution >= 0.6 is 0 Å². The van der Waals surface area contributed by atoms with E-state index in [1.54, 1.807) is 15.5 Å². The monoisotopic (exact) mass is 471 g/mol. The van der Waals surface area contributed by atoms with Crippen LogP contribution in [-0.4, -0.2) is 41.1 Å². The summed E-state index contributed by atoms with van der Waals surface area (Å²) in [5.41, 5.74) is -0.755. The van der Waals surface area contributed by atoms with Crippen molar-refractivity contribution >= 4 is 20.9 Å². The van der Waals surface area contributed by atoms with Crippen molar-refractivity contribution in [3.8, 4) is 6.19 Å². The van der Waals surface area contributed by atoms with E-state index in [-0.39, 0.29) is 27.9 Å². The lowest BCUT2D eigenvalue weighted by Gasteiger charge is -2.35. The lowest BCUT2D eigenvalue weighted by atomic mass is 9.94. The minimum absolute atomic E-state index is 0.0377. The van der Waals surface area contributed by atoms with Crippen LogP contribution in [0, 0.1) is 23.3 Å². The van der Waals surface area contributed by atoms with Crippen molar-refractivity contribution in [2.24, 2.45) is 11.8 Å². The molecular formula is C23H29N5O4S. The van der Waals surface area contributed by atoms with Gasteiger partial charge in [-0.1, -0.05) is 6.92 Å².